The number of fused-ring (bicyclic) bond motifs is 1. The molecule has 2 rings (SSSR count). The Labute approximate surface area is 98.2 Å². The molecular weight excluding hydrogens is 196 g/mol. The average molecular weight is 218 g/mol. The predicted molar refractivity (Wildman–Crippen MR) is 68.5 cm³/mol. The molecule has 0 saturated heterocycles. The van der Waals surface area contributed by atoms with E-state index >= 15 is 0 Å². The molecule has 1 aliphatic rings. The number of benzene rings is 1. The van der Waals surface area contributed by atoms with Crippen molar-refractivity contribution in [1.29, 1.82) is 0 Å². The van der Waals surface area contributed by atoms with Gasteiger partial charge in [0, 0.05) is 6.04 Å². The molecule has 1 unspecified atom stereocenters. The number of hydrogen-bond acceptors (Lipinski definition) is 2. The molecule has 3 N–H and O–H groups in total. The Hall–Kier alpha value is -0.860. The SMILES string of the molecule is CC(CCN)NCC1Cc2ccccc2C1. The van der Waals surface area contributed by atoms with E-state index in [9.17, 15) is 0 Å². The fourth-order valence-corrected chi connectivity index (χ4v) is 2.51. The molecule has 2 heteroatoms. The van der Waals surface area contributed by atoms with Crippen LogP contribution in [0.5, 0.6) is 0 Å². The van der Waals surface area contributed by atoms with Gasteiger partial charge in [0.25, 0.3) is 0 Å². The first-order chi connectivity index (χ1) is 7.79. The van der Waals surface area contributed by atoms with Crippen molar-refractivity contribution >= 4 is 0 Å². The lowest BCUT2D eigenvalue weighted by atomic mass is 10.1. The van der Waals surface area contributed by atoms with Crippen LogP contribution in [-0.2, 0) is 12.8 Å². The zero-order valence-corrected chi connectivity index (χ0v) is 10.1. The largest absolute Gasteiger partial charge is 0.330 e. The molecule has 0 aromatic heterocycles. The third-order valence-electron chi connectivity index (χ3n) is 3.49. The van der Waals surface area contributed by atoms with Gasteiger partial charge in [0.1, 0.15) is 0 Å². The van der Waals surface area contributed by atoms with Gasteiger partial charge in [-0.2, -0.15) is 0 Å². The van der Waals surface area contributed by atoms with Crippen molar-refractivity contribution in [2.24, 2.45) is 11.7 Å². The molecule has 1 aromatic rings. The minimum Gasteiger partial charge on any atom is -0.330 e. The first kappa shape index (κ1) is 11.6. The molecule has 0 amide bonds. The number of nitrogens with one attached hydrogen (secondary N) is 1. The van der Waals surface area contributed by atoms with Gasteiger partial charge in [0.15, 0.2) is 0 Å². The van der Waals surface area contributed by atoms with E-state index < -0.39 is 0 Å². The maximum Gasteiger partial charge on any atom is 0.00508 e. The van der Waals surface area contributed by atoms with Gasteiger partial charge < -0.3 is 11.1 Å². The lowest BCUT2D eigenvalue weighted by molar-refractivity contribution is 0.439. The van der Waals surface area contributed by atoms with Gasteiger partial charge in [-0.1, -0.05) is 24.3 Å². The summed E-state index contributed by atoms with van der Waals surface area (Å²) in [6.45, 7) is 4.11. The third kappa shape index (κ3) is 2.83. The maximum absolute atomic E-state index is 5.54. The van der Waals surface area contributed by atoms with Crippen LogP contribution >= 0.6 is 0 Å². The summed E-state index contributed by atoms with van der Waals surface area (Å²) < 4.78 is 0. The fraction of sp³-hybridized carbons (Fsp3) is 0.571. The van der Waals surface area contributed by atoms with Gasteiger partial charge in [-0.15, -0.1) is 0 Å². The van der Waals surface area contributed by atoms with E-state index in [1.165, 1.54) is 12.8 Å². The van der Waals surface area contributed by atoms with E-state index in [4.69, 9.17) is 5.73 Å². The molecule has 16 heavy (non-hydrogen) atoms. The van der Waals surface area contributed by atoms with Gasteiger partial charge in [0.2, 0.25) is 0 Å². The summed E-state index contributed by atoms with van der Waals surface area (Å²) in [4.78, 5) is 0. The van der Waals surface area contributed by atoms with Crippen LogP contribution in [0, 0.1) is 5.92 Å². The summed E-state index contributed by atoms with van der Waals surface area (Å²) in [5.41, 5.74) is 8.63. The zero-order chi connectivity index (χ0) is 11.4. The second-order valence-electron chi connectivity index (χ2n) is 4.93. The number of rotatable bonds is 5. The highest BCUT2D eigenvalue weighted by atomic mass is 14.9. The van der Waals surface area contributed by atoms with E-state index in [1.54, 1.807) is 11.1 Å². The smallest absolute Gasteiger partial charge is 0.00508 e. The van der Waals surface area contributed by atoms with Crippen LogP contribution < -0.4 is 11.1 Å². The van der Waals surface area contributed by atoms with Crippen molar-refractivity contribution < 1.29 is 0 Å². The van der Waals surface area contributed by atoms with Gasteiger partial charge in [0.05, 0.1) is 0 Å². The summed E-state index contributed by atoms with van der Waals surface area (Å²) in [5, 5.41) is 3.58. The Balaban J connectivity index is 1.79. The molecule has 0 fully saturated rings. The molecule has 0 radical (unpaired) electrons. The van der Waals surface area contributed by atoms with Crippen LogP contribution in [0.15, 0.2) is 24.3 Å². The second kappa shape index (κ2) is 5.46. The summed E-state index contributed by atoms with van der Waals surface area (Å²) in [6.07, 6.45) is 3.54. The average Bonchev–Trinajstić information content (AvgIpc) is 2.69. The Kier molecular flexibility index (Phi) is 3.97. The lowest BCUT2D eigenvalue weighted by Crippen LogP contribution is -2.33. The first-order valence-electron chi connectivity index (χ1n) is 6.30. The Morgan fingerprint density at radius 3 is 2.50 bits per heavy atom. The van der Waals surface area contributed by atoms with E-state index in [1.807, 2.05) is 0 Å². The highest BCUT2D eigenvalue weighted by Gasteiger charge is 2.20. The first-order valence-corrected chi connectivity index (χ1v) is 6.30. The van der Waals surface area contributed by atoms with Crippen LogP contribution in [0.2, 0.25) is 0 Å². The van der Waals surface area contributed by atoms with E-state index in [2.05, 4.69) is 36.5 Å². The normalized spacial score (nSPS) is 17.4. The topological polar surface area (TPSA) is 38.0 Å². The number of nitrogens with two attached hydrogens (primary N) is 1. The summed E-state index contributed by atoms with van der Waals surface area (Å²) in [6, 6.07) is 9.36. The molecule has 1 aliphatic carbocycles. The lowest BCUT2D eigenvalue weighted by Gasteiger charge is -2.16. The van der Waals surface area contributed by atoms with Crippen LogP contribution in [0.3, 0.4) is 0 Å². The van der Waals surface area contributed by atoms with Gasteiger partial charge in [-0.05, 0) is 56.3 Å². The van der Waals surface area contributed by atoms with E-state index in [0.29, 0.717) is 6.04 Å². The van der Waals surface area contributed by atoms with Crippen molar-refractivity contribution in [3.63, 3.8) is 0 Å². The summed E-state index contributed by atoms with van der Waals surface area (Å²) in [7, 11) is 0. The van der Waals surface area contributed by atoms with Crippen molar-refractivity contribution in [3.8, 4) is 0 Å². The molecule has 0 bridgehead atoms. The predicted octanol–water partition coefficient (Wildman–Crippen LogP) is 1.73. The minimum atomic E-state index is 0.550. The molecule has 1 atom stereocenters. The second-order valence-corrected chi connectivity index (χ2v) is 4.93. The molecule has 1 aromatic carbocycles. The molecule has 88 valence electrons. The zero-order valence-electron chi connectivity index (χ0n) is 10.1. The van der Waals surface area contributed by atoms with Gasteiger partial charge in [-0.3, -0.25) is 0 Å². The number of hydrogen-bond donors (Lipinski definition) is 2. The third-order valence-corrected chi connectivity index (χ3v) is 3.49. The molecule has 0 aliphatic heterocycles. The molecular formula is C14H22N2. The molecule has 0 heterocycles. The molecule has 2 nitrogen and oxygen atoms in total. The monoisotopic (exact) mass is 218 g/mol. The Bertz CT molecular complexity index is 310. The molecule has 0 saturated carbocycles. The van der Waals surface area contributed by atoms with Crippen molar-refractivity contribution in [1.82, 2.24) is 5.32 Å². The van der Waals surface area contributed by atoms with Crippen molar-refractivity contribution in [2.75, 3.05) is 13.1 Å². The fourth-order valence-electron chi connectivity index (χ4n) is 2.51. The maximum atomic E-state index is 5.54. The standard InChI is InChI=1S/C14H22N2/c1-11(6-7-15)16-10-12-8-13-4-2-3-5-14(13)9-12/h2-5,11-12,16H,6-10,15H2,1H3. The summed E-state index contributed by atoms with van der Waals surface area (Å²) in [5.74, 6) is 0.776. The van der Waals surface area contributed by atoms with E-state index in [0.717, 1.165) is 25.4 Å². The molecule has 0 spiro atoms. The summed E-state index contributed by atoms with van der Waals surface area (Å²) >= 11 is 0. The van der Waals surface area contributed by atoms with Crippen molar-refractivity contribution in [2.45, 2.75) is 32.2 Å². The highest BCUT2D eigenvalue weighted by Crippen LogP contribution is 2.25. The minimum absolute atomic E-state index is 0.550. The van der Waals surface area contributed by atoms with E-state index in [-0.39, 0.29) is 0 Å². The van der Waals surface area contributed by atoms with Crippen LogP contribution in [0.1, 0.15) is 24.5 Å². The van der Waals surface area contributed by atoms with Crippen molar-refractivity contribution in [3.05, 3.63) is 35.4 Å². The van der Waals surface area contributed by atoms with Gasteiger partial charge >= 0.3 is 0 Å². The van der Waals surface area contributed by atoms with Crippen LogP contribution in [0.25, 0.3) is 0 Å². The van der Waals surface area contributed by atoms with Crippen LogP contribution in [0.4, 0.5) is 0 Å². The van der Waals surface area contributed by atoms with Crippen LogP contribution in [-0.4, -0.2) is 19.1 Å². The Morgan fingerprint density at radius 2 is 1.94 bits per heavy atom. The quantitative estimate of drug-likeness (QED) is 0.790. The highest BCUT2D eigenvalue weighted by molar-refractivity contribution is 5.32. The van der Waals surface area contributed by atoms with Gasteiger partial charge in [-0.25, -0.2) is 0 Å². The Morgan fingerprint density at radius 1 is 1.31 bits per heavy atom.